The van der Waals surface area contributed by atoms with Gasteiger partial charge in [-0.1, -0.05) is 6.42 Å². The van der Waals surface area contributed by atoms with Crippen LogP contribution in [0.5, 0.6) is 0 Å². The van der Waals surface area contributed by atoms with Crippen LogP contribution < -0.4 is 11.1 Å². The quantitative estimate of drug-likeness (QED) is 0.790. The number of nitrogens with one attached hydrogen (secondary N) is 1. The van der Waals surface area contributed by atoms with Gasteiger partial charge >= 0.3 is 0 Å². The molecule has 2 rings (SSSR count). The third-order valence-corrected chi connectivity index (χ3v) is 4.73. The zero-order valence-electron chi connectivity index (χ0n) is 12.1. The van der Waals surface area contributed by atoms with Crippen molar-refractivity contribution in [2.45, 2.75) is 44.9 Å². The summed E-state index contributed by atoms with van der Waals surface area (Å²) < 4.78 is 0. The maximum absolute atomic E-state index is 12.1. The van der Waals surface area contributed by atoms with Crippen molar-refractivity contribution in [3.8, 4) is 0 Å². The first-order chi connectivity index (χ1) is 9.29. The Labute approximate surface area is 117 Å². The van der Waals surface area contributed by atoms with Gasteiger partial charge in [-0.3, -0.25) is 4.79 Å². The summed E-state index contributed by atoms with van der Waals surface area (Å²) in [5, 5.41) is 3.12. The van der Waals surface area contributed by atoms with Crippen LogP contribution in [-0.4, -0.2) is 43.5 Å². The van der Waals surface area contributed by atoms with E-state index in [0.717, 1.165) is 45.3 Å². The third kappa shape index (κ3) is 4.77. The monoisotopic (exact) mass is 267 g/mol. The predicted octanol–water partition coefficient (Wildman–Crippen LogP) is 1.35. The van der Waals surface area contributed by atoms with Crippen LogP contribution in [0.3, 0.4) is 0 Å². The molecule has 2 aliphatic rings. The fourth-order valence-electron chi connectivity index (χ4n) is 3.32. The topological polar surface area (TPSA) is 58.4 Å². The number of piperidine rings is 1. The van der Waals surface area contributed by atoms with Crippen LogP contribution in [0.2, 0.25) is 0 Å². The highest BCUT2D eigenvalue weighted by Crippen LogP contribution is 2.28. The van der Waals surface area contributed by atoms with E-state index in [-0.39, 0.29) is 11.8 Å². The first-order valence-electron chi connectivity index (χ1n) is 7.99. The van der Waals surface area contributed by atoms with Crippen LogP contribution in [0.4, 0.5) is 0 Å². The normalized spacial score (nSPS) is 29.1. The zero-order chi connectivity index (χ0) is 13.5. The summed E-state index contributed by atoms with van der Waals surface area (Å²) in [5.74, 6) is 1.16. The summed E-state index contributed by atoms with van der Waals surface area (Å²) in [6.07, 6.45) is 8.30. The summed E-state index contributed by atoms with van der Waals surface area (Å²) in [6.45, 7) is 5.03. The Morgan fingerprint density at radius 2 is 1.79 bits per heavy atom. The molecular formula is C15H29N3O. The molecule has 0 atom stereocenters. The molecule has 0 aromatic heterocycles. The van der Waals surface area contributed by atoms with E-state index in [9.17, 15) is 4.79 Å². The number of carbonyl (C=O) groups excluding carboxylic acids is 1. The molecule has 0 spiro atoms. The summed E-state index contributed by atoms with van der Waals surface area (Å²) in [6, 6.07) is 0. The summed E-state index contributed by atoms with van der Waals surface area (Å²) in [7, 11) is 0. The SMILES string of the molecule is NCC1CCC(C(=O)NCCN2CCCCC2)CC1. The molecule has 1 saturated heterocycles. The van der Waals surface area contributed by atoms with Gasteiger partial charge in [-0.15, -0.1) is 0 Å². The van der Waals surface area contributed by atoms with E-state index in [1.54, 1.807) is 0 Å². The van der Waals surface area contributed by atoms with Crippen LogP contribution in [-0.2, 0) is 4.79 Å². The Hall–Kier alpha value is -0.610. The van der Waals surface area contributed by atoms with Gasteiger partial charge in [0.15, 0.2) is 0 Å². The molecule has 1 aliphatic carbocycles. The van der Waals surface area contributed by atoms with E-state index in [1.807, 2.05) is 0 Å². The van der Waals surface area contributed by atoms with E-state index in [1.165, 1.54) is 32.4 Å². The highest BCUT2D eigenvalue weighted by atomic mass is 16.1. The van der Waals surface area contributed by atoms with Crippen molar-refractivity contribution < 1.29 is 4.79 Å². The molecule has 1 heterocycles. The lowest BCUT2D eigenvalue weighted by Gasteiger charge is -2.28. The van der Waals surface area contributed by atoms with Gasteiger partial charge in [-0.25, -0.2) is 0 Å². The Balaban J connectivity index is 1.59. The van der Waals surface area contributed by atoms with Crippen LogP contribution in [0, 0.1) is 11.8 Å². The van der Waals surface area contributed by atoms with E-state index >= 15 is 0 Å². The molecule has 1 saturated carbocycles. The van der Waals surface area contributed by atoms with Gasteiger partial charge in [0.05, 0.1) is 0 Å². The summed E-state index contributed by atoms with van der Waals surface area (Å²) in [5.41, 5.74) is 5.68. The first-order valence-corrected chi connectivity index (χ1v) is 7.99. The Bertz CT molecular complexity index is 269. The predicted molar refractivity (Wildman–Crippen MR) is 77.8 cm³/mol. The maximum atomic E-state index is 12.1. The van der Waals surface area contributed by atoms with E-state index in [4.69, 9.17) is 5.73 Å². The summed E-state index contributed by atoms with van der Waals surface area (Å²) in [4.78, 5) is 14.5. The minimum Gasteiger partial charge on any atom is -0.355 e. The van der Waals surface area contributed by atoms with Crippen LogP contribution in [0.15, 0.2) is 0 Å². The number of carbonyl (C=O) groups is 1. The maximum Gasteiger partial charge on any atom is 0.223 e. The van der Waals surface area contributed by atoms with Gasteiger partial charge in [-0.05, 0) is 64.1 Å². The molecule has 0 radical (unpaired) electrons. The van der Waals surface area contributed by atoms with Crippen LogP contribution in [0.1, 0.15) is 44.9 Å². The smallest absolute Gasteiger partial charge is 0.223 e. The van der Waals surface area contributed by atoms with Crippen molar-refractivity contribution in [3.63, 3.8) is 0 Å². The van der Waals surface area contributed by atoms with Crippen molar-refractivity contribution in [1.82, 2.24) is 10.2 Å². The van der Waals surface area contributed by atoms with Crippen molar-refractivity contribution in [1.29, 1.82) is 0 Å². The molecule has 0 bridgehead atoms. The number of nitrogens with two attached hydrogens (primary N) is 1. The number of rotatable bonds is 5. The molecule has 2 fully saturated rings. The highest BCUT2D eigenvalue weighted by molar-refractivity contribution is 5.78. The van der Waals surface area contributed by atoms with Crippen LogP contribution in [0.25, 0.3) is 0 Å². The van der Waals surface area contributed by atoms with Crippen molar-refractivity contribution >= 4 is 5.91 Å². The van der Waals surface area contributed by atoms with E-state index in [2.05, 4.69) is 10.2 Å². The third-order valence-electron chi connectivity index (χ3n) is 4.73. The molecule has 0 unspecified atom stereocenters. The Morgan fingerprint density at radius 1 is 1.11 bits per heavy atom. The average Bonchev–Trinajstić information content (AvgIpc) is 2.48. The number of likely N-dealkylation sites (tertiary alicyclic amines) is 1. The van der Waals surface area contributed by atoms with Gasteiger partial charge < -0.3 is 16.0 Å². The fraction of sp³-hybridized carbons (Fsp3) is 0.933. The number of hydrogen-bond acceptors (Lipinski definition) is 3. The molecule has 3 N–H and O–H groups in total. The largest absolute Gasteiger partial charge is 0.355 e. The molecule has 1 aliphatic heterocycles. The van der Waals surface area contributed by atoms with Gasteiger partial charge in [0, 0.05) is 19.0 Å². The standard InChI is InChI=1S/C15H29N3O/c16-12-13-4-6-14(7-5-13)15(19)17-8-11-18-9-2-1-3-10-18/h13-14H,1-12,16H2,(H,17,19). The Kier molecular flexibility index (Phi) is 6.11. The van der Waals surface area contributed by atoms with Crippen molar-refractivity contribution in [3.05, 3.63) is 0 Å². The lowest BCUT2D eigenvalue weighted by atomic mass is 9.81. The zero-order valence-corrected chi connectivity index (χ0v) is 12.1. The van der Waals surface area contributed by atoms with Crippen molar-refractivity contribution in [2.75, 3.05) is 32.7 Å². The fourth-order valence-corrected chi connectivity index (χ4v) is 3.32. The van der Waals surface area contributed by atoms with Crippen molar-refractivity contribution in [2.24, 2.45) is 17.6 Å². The Morgan fingerprint density at radius 3 is 2.42 bits per heavy atom. The lowest BCUT2D eigenvalue weighted by molar-refractivity contribution is -0.126. The second-order valence-electron chi connectivity index (χ2n) is 6.15. The molecule has 19 heavy (non-hydrogen) atoms. The van der Waals surface area contributed by atoms with Crippen LogP contribution >= 0.6 is 0 Å². The number of amides is 1. The average molecular weight is 267 g/mol. The van der Waals surface area contributed by atoms with Gasteiger partial charge in [0.2, 0.25) is 5.91 Å². The highest BCUT2D eigenvalue weighted by Gasteiger charge is 2.25. The minimum atomic E-state index is 0.240. The van der Waals surface area contributed by atoms with Gasteiger partial charge in [-0.2, -0.15) is 0 Å². The molecule has 1 amide bonds. The van der Waals surface area contributed by atoms with Gasteiger partial charge in [0.1, 0.15) is 0 Å². The second kappa shape index (κ2) is 7.85. The van der Waals surface area contributed by atoms with Gasteiger partial charge in [0.25, 0.3) is 0 Å². The van der Waals surface area contributed by atoms with E-state index in [0.29, 0.717) is 5.92 Å². The molecule has 4 nitrogen and oxygen atoms in total. The summed E-state index contributed by atoms with van der Waals surface area (Å²) >= 11 is 0. The number of nitrogens with zero attached hydrogens (tertiary/aromatic N) is 1. The molecule has 0 aromatic carbocycles. The number of hydrogen-bond donors (Lipinski definition) is 2. The van der Waals surface area contributed by atoms with E-state index < -0.39 is 0 Å². The molecular weight excluding hydrogens is 238 g/mol. The molecule has 4 heteroatoms. The lowest BCUT2D eigenvalue weighted by Crippen LogP contribution is -2.40. The first kappa shape index (κ1) is 14.8. The molecule has 110 valence electrons. The minimum absolute atomic E-state index is 0.240. The second-order valence-corrected chi connectivity index (χ2v) is 6.15. The molecule has 0 aromatic rings.